The van der Waals surface area contributed by atoms with Crippen LogP contribution in [-0.4, -0.2) is 27.0 Å². The second kappa shape index (κ2) is 12.5. The molecule has 2 heterocycles. The summed E-state index contributed by atoms with van der Waals surface area (Å²) in [4.78, 5) is 33.3. The lowest BCUT2D eigenvalue weighted by Gasteiger charge is -2.12. The number of hydrogen-bond acceptors (Lipinski definition) is 5. The summed E-state index contributed by atoms with van der Waals surface area (Å²) in [5.74, 6) is -0.0372. The Labute approximate surface area is 187 Å². The van der Waals surface area contributed by atoms with Crippen molar-refractivity contribution in [3.8, 4) is 0 Å². The number of anilines is 1. The van der Waals surface area contributed by atoms with Crippen molar-refractivity contribution in [1.29, 1.82) is 0 Å². The molecular weight excluding hydrogens is 414 g/mol. The smallest absolute Gasteiger partial charge is 0.293 e. The van der Waals surface area contributed by atoms with E-state index >= 15 is 0 Å². The Morgan fingerprint density at radius 3 is 2.61 bits per heavy atom. The van der Waals surface area contributed by atoms with E-state index in [1.807, 2.05) is 38.1 Å². The molecule has 0 fully saturated rings. The predicted octanol–water partition coefficient (Wildman–Crippen LogP) is 3.60. The molecule has 8 heteroatoms. The average Bonchev–Trinajstić information content (AvgIpc) is 2.79. The molecule has 3 rings (SSSR count). The number of aryl methyl sites for hydroxylation is 1. The number of halogens is 1. The topological polar surface area (TPSA) is 88.9 Å². The van der Waals surface area contributed by atoms with Gasteiger partial charge in [-0.25, -0.2) is 4.98 Å². The molecule has 0 saturated heterocycles. The minimum Gasteiger partial charge on any atom is -0.365 e. The molecule has 31 heavy (non-hydrogen) atoms. The average molecular weight is 442 g/mol. The highest BCUT2D eigenvalue weighted by atomic mass is 35.5. The SMILES string of the molecule is CC.Cc1cnc(NCCc2cccnc2)c(=O)n1CC(=O)NCc1cccc(Cl)c1. The van der Waals surface area contributed by atoms with Crippen LogP contribution in [0.1, 0.15) is 30.7 Å². The molecule has 2 aromatic heterocycles. The fourth-order valence-electron chi connectivity index (χ4n) is 2.81. The Bertz CT molecular complexity index is 1040. The monoisotopic (exact) mass is 441 g/mol. The Morgan fingerprint density at radius 1 is 1.13 bits per heavy atom. The van der Waals surface area contributed by atoms with Crippen LogP contribution in [0.4, 0.5) is 5.82 Å². The van der Waals surface area contributed by atoms with E-state index in [2.05, 4.69) is 20.6 Å². The molecule has 1 amide bonds. The van der Waals surface area contributed by atoms with Crippen molar-refractivity contribution < 1.29 is 4.79 Å². The normalized spacial score (nSPS) is 10.1. The van der Waals surface area contributed by atoms with E-state index in [0.29, 0.717) is 30.2 Å². The van der Waals surface area contributed by atoms with Gasteiger partial charge in [0.05, 0.1) is 0 Å². The minimum atomic E-state index is -0.325. The second-order valence-corrected chi connectivity index (χ2v) is 7.02. The van der Waals surface area contributed by atoms with Gasteiger partial charge in [-0.2, -0.15) is 0 Å². The summed E-state index contributed by atoms with van der Waals surface area (Å²) >= 11 is 5.95. The fourth-order valence-corrected chi connectivity index (χ4v) is 3.02. The zero-order chi connectivity index (χ0) is 22.6. The van der Waals surface area contributed by atoms with Crippen LogP contribution in [0.5, 0.6) is 0 Å². The van der Waals surface area contributed by atoms with Crippen LogP contribution in [0.15, 0.2) is 59.8 Å². The Hall–Kier alpha value is -3.19. The molecule has 164 valence electrons. The van der Waals surface area contributed by atoms with Gasteiger partial charge in [0.1, 0.15) is 6.54 Å². The Balaban J connectivity index is 0.00000166. The molecule has 0 aliphatic carbocycles. The number of carbonyl (C=O) groups is 1. The molecule has 0 spiro atoms. The van der Waals surface area contributed by atoms with Gasteiger partial charge in [0.2, 0.25) is 5.91 Å². The molecule has 0 atom stereocenters. The van der Waals surface area contributed by atoms with E-state index in [9.17, 15) is 9.59 Å². The third kappa shape index (κ3) is 7.53. The number of aromatic nitrogens is 3. The predicted molar refractivity (Wildman–Crippen MR) is 124 cm³/mol. The minimum absolute atomic E-state index is 0.0783. The summed E-state index contributed by atoms with van der Waals surface area (Å²) in [6, 6.07) is 11.1. The van der Waals surface area contributed by atoms with Gasteiger partial charge in [0, 0.05) is 42.4 Å². The van der Waals surface area contributed by atoms with Crippen molar-refractivity contribution in [1.82, 2.24) is 19.9 Å². The van der Waals surface area contributed by atoms with Crippen LogP contribution in [0.3, 0.4) is 0 Å². The summed E-state index contributed by atoms with van der Waals surface area (Å²) < 4.78 is 1.41. The highest BCUT2D eigenvalue weighted by Gasteiger charge is 2.11. The van der Waals surface area contributed by atoms with Gasteiger partial charge in [-0.15, -0.1) is 0 Å². The third-order valence-corrected chi connectivity index (χ3v) is 4.60. The van der Waals surface area contributed by atoms with Gasteiger partial charge in [-0.3, -0.25) is 19.1 Å². The lowest BCUT2D eigenvalue weighted by atomic mass is 10.2. The van der Waals surface area contributed by atoms with Gasteiger partial charge in [0.25, 0.3) is 5.56 Å². The molecule has 3 aromatic rings. The molecule has 7 nitrogen and oxygen atoms in total. The molecular formula is C23H28ClN5O2. The summed E-state index contributed by atoms with van der Waals surface area (Å²) in [6.07, 6.45) is 5.79. The lowest BCUT2D eigenvalue weighted by Crippen LogP contribution is -2.34. The van der Waals surface area contributed by atoms with Crippen molar-refractivity contribution in [2.24, 2.45) is 0 Å². The van der Waals surface area contributed by atoms with Gasteiger partial charge >= 0.3 is 0 Å². The summed E-state index contributed by atoms with van der Waals surface area (Å²) in [6.45, 7) is 6.55. The standard InChI is InChI=1S/C21H22ClN5O2.C2H6/c1-15-11-26-20(24-9-7-16-5-3-8-23-12-16)21(29)27(15)14-19(28)25-13-17-4-2-6-18(22)10-17;1-2/h2-6,8,10-12H,7,9,13-14H2,1H3,(H,24,26)(H,25,28);1-2H3. The number of hydrogen-bond donors (Lipinski definition) is 2. The number of amides is 1. The largest absolute Gasteiger partial charge is 0.365 e. The maximum Gasteiger partial charge on any atom is 0.293 e. The summed E-state index contributed by atoms with van der Waals surface area (Å²) in [7, 11) is 0. The molecule has 2 N–H and O–H groups in total. The zero-order valence-corrected chi connectivity index (χ0v) is 18.8. The van der Waals surface area contributed by atoms with Crippen LogP contribution in [0.2, 0.25) is 5.02 Å². The maximum atomic E-state index is 12.7. The molecule has 0 unspecified atom stereocenters. The zero-order valence-electron chi connectivity index (χ0n) is 18.1. The molecule has 0 radical (unpaired) electrons. The van der Waals surface area contributed by atoms with Crippen molar-refractivity contribution in [2.75, 3.05) is 11.9 Å². The van der Waals surface area contributed by atoms with Gasteiger partial charge in [-0.05, 0) is 42.7 Å². The Kier molecular flexibility index (Phi) is 9.71. The molecule has 0 bridgehead atoms. The highest BCUT2D eigenvalue weighted by Crippen LogP contribution is 2.10. The van der Waals surface area contributed by atoms with Crippen LogP contribution < -0.4 is 16.2 Å². The number of pyridine rings is 1. The van der Waals surface area contributed by atoms with Crippen LogP contribution in [0.25, 0.3) is 0 Å². The van der Waals surface area contributed by atoms with Gasteiger partial charge in [0.15, 0.2) is 5.82 Å². The van der Waals surface area contributed by atoms with E-state index in [1.54, 1.807) is 37.6 Å². The van der Waals surface area contributed by atoms with Crippen LogP contribution in [-0.2, 0) is 24.3 Å². The first-order valence-electron chi connectivity index (χ1n) is 10.2. The number of carbonyl (C=O) groups excluding carboxylic acids is 1. The first-order chi connectivity index (χ1) is 15.0. The van der Waals surface area contributed by atoms with Crippen molar-refractivity contribution in [3.63, 3.8) is 0 Å². The van der Waals surface area contributed by atoms with Crippen molar-refractivity contribution in [2.45, 2.75) is 40.3 Å². The van der Waals surface area contributed by atoms with Crippen molar-refractivity contribution in [3.05, 3.63) is 87.2 Å². The first-order valence-corrected chi connectivity index (χ1v) is 10.6. The third-order valence-electron chi connectivity index (χ3n) is 4.36. The van der Waals surface area contributed by atoms with E-state index in [1.165, 1.54) is 4.57 Å². The van der Waals surface area contributed by atoms with E-state index in [0.717, 1.165) is 11.1 Å². The van der Waals surface area contributed by atoms with E-state index < -0.39 is 0 Å². The quantitative estimate of drug-likeness (QED) is 0.557. The molecule has 0 aliphatic rings. The molecule has 0 saturated carbocycles. The van der Waals surface area contributed by atoms with E-state index in [-0.39, 0.29) is 23.8 Å². The number of rotatable bonds is 8. The summed E-state index contributed by atoms with van der Waals surface area (Å²) in [5.41, 5.74) is 2.25. The van der Waals surface area contributed by atoms with Crippen LogP contribution >= 0.6 is 11.6 Å². The number of benzene rings is 1. The number of nitrogens with zero attached hydrogens (tertiary/aromatic N) is 3. The highest BCUT2D eigenvalue weighted by molar-refractivity contribution is 6.30. The van der Waals surface area contributed by atoms with Gasteiger partial charge < -0.3 is 10.6 Å². The second-order valence-electron chi connectivity index (χ2n) is 6.58. The number of nitrogens with one attached hydrogen (secondary N) is 2. The Morgan fingerprint density at radius 2 is 1.90 bits per heavy atom. The van der Waals surface area contributed by atoms with Crippen LogP contribution in [0, 0.1) is 6.92 Å². The van der Waals surface area contributed by atoms with E-state index in [4.69, 9.17) is 11.6 Å². The van der Waals surface area contributed by atoms with Gasteiger partial charge in [-0.1, -0.05) is 43.6 Å². The van der Waals surface area contributed by atoms with Crippen molar-refractivity contribution >= 4 is 23.3 Å². The molecule has 0 aliphatic heterocycles. The summed E-state index contributed by atoms with van der Waals surface area (Å²) in [5, 5.41) is 6.47. The first kappa shape index (κ1) is 24.1. The maximum absolute atomic E-state index is 12.7. The fraction of sp³-hybridized carbons (Fsp3) is 0.304. The lowest BCUT2D eigenvalue weighted by molar-refractivity contribution is -0.121. The molecule has 1 aromatic carbocycles.